The van der Waals surface area contributed by atoms with Gasteiger partial charge in [0.2, 0.25) is 5.88 Å². The van der Waals surface area contributed by atoms with E-state index in [4.69, 9.17) is 0 Å². The average Bonchev–Trinajstić information content (AvgIpc) is 3.01. The highest BCUT2D eigenvalue weighted by molar-refractivity contribution is 5.96. The average molecular weight is 330 g/mol. The van der Waals surface area contributed by atoms with E-state index in [0.717, 1.165) is 31.5 Å². The van der Waals surface area contributed by atoms with Gasteiger partial charge in [-0.1, -0.05) is 13.0 Å². The van der Waals surface area contributed by atoms with Crippen molar-refractivity contribution < 1.29 is 9.90 Å². The van der Waals surface area contributed by atoms with E-state index in [9.17, 15) is 14.7 Å². The summed E-state index contributed by atoms with van der Waals surface area (Å²) in [5.41, 5.74) is 0.238. The molecule has 128 valence electrons. The molecule has 0 radical (unpaired) electrons. The molecule has 0 bridgehead atoms. The SMILES string of the molecule is CCN1CCCC1CNC(=O)c1c(O)nc2c(C)cccn2c1=O. The highest BCUT2D eigenvalue weighted by atomic mass is 16.3. The van der Waals surface area contributed by atoms with Crippen LogP contribution in [0.2, 0.25) is 0 Å². The predicted octanol–water partition coefficient (Wildman–Crippen LogP) is 0.923. The van der Waals surface area contributed by atoms with E-state index in [2.05, 4.69) is 22.1 Å². The number of aryl methyl sites for hydroxylation is 1. The molecule has 7 heteroatoms. The number of carbonyl (C=O) groups is 1. The van der Waals surface area contributed by atoms with Crippen LogP contribution in [-0.2, 0) is 0 Å². The molecule has 3 heterocycles. The van der Waals surface area contributed by atoms with Gasteiger partial charge in [0.25, 0.3) is 11.5 Å². The van der Waals surface area contributed by atoms with Crippen molar-refractivity contribution in [2.24, 2.45) is 0 Å². The van der Waals surface area contributed by atoms with Gasteiger partial charge in [0, 0.05) is 18.8 Å². The van der Waals surface area contributed by atoms with E-state index in [-0.39, 0.29) is 11.6 Å². The smallest absolute Gasteiger partial charge is 0.274 e. The number of likely N-dealkylation sites (tertiary alicyclic amines) is 1. The van der Waals surface area contributed by atoms with Crippen molar-refractivity contribution >= 4 is 11.6 Å². The predicted molar refractivity (Wildman–Crippen MR) is 90.5 cm³/mol. The highest BCUT2D eigenvalue weighted by Crippen LogP contribution is 2.17. The zero-order chi connectivity index (χ0) is 17.3. The Hall–Kier alpha value is -2.41. The Balaban J connectivity index is 1.86. The lowest BCUT2D eigenvalue weighted by Gasteiger charge is -2.22. The van der Waals surface area contributed by atoms with Crippen LogP contribution >= 0.6 is 0 Å². The van der Waals surface area contributed by atoms with E-state index in [1.165, 1.54) is 4.40 Å². The number of likely N-dealkylation sites (N-methyl/N-ethyl adjacent to an activating group) is 1. The minimum atomic E-state index is -0.580. The van der Waals surface area contributed by atoms with Crippen molar-refractivity contribution in [3.8, 4) is 5.88 Å². The summed E-state index contributed by atoms with van der Waals surface area (Å²) in [5, 5.41) is 12.9. The van der Waals surface area contributed by atoms with Crippen molar-refractivity contribution in [2.75, 3.05) is 19.6 Å². The van der Waals surface area contributed by atoms with Gasteiger partial charge >= 0.3 is 0 Å². The van der Waals surface area contributed by atoms with Crippen molar-refractivity contribution in [1.82, 2.24) is 19.6 Å². The highest BCUT2D eigenvalue weighted by Gasteiger charge is 2.25. The molecule has 1 atom stereocenters. The molecular formula is C17H22N4O3. The zero-order valence-corrected chi connectivity index (χ0v) is 14.0. The number of hydrogen-bond acceptors (Lipinski definition) is 5. The van der Waals surface area contributed by atoms with E-state index in [0.29, 0.717) is 12.2 Å². The Morgan fingerprint density at radius 1 is 1.50 bits per heavy atom. The van der Waals surface area contributed by atoms with Gasteiger partial charge in [-0.05, 0) is 44.5 Å². The van der Waals surface area contributed by atoms with Gasteiger partial charge in [-0.2, -0.15) is 4.98 Å². The first kappa shape index (κ1) is 16.4. The molecule has 7 nitrogen and oxygen atoms in total. The summed E-state index contributed by atoms with van der Waals surface area (Å²) in [4.78, 5) is 31.3. The Kier molecular flexibility index (Phi) is 4.53. The third-order valence-electron chi connectivity index (χ3n) is 4.66. The zero-order valence-electron chi connectivity index (χ0n) is 14.0. The third-order valence-corrected chi connectivity index (χ3v) is 4.66. The number of aromatic hydroxyl groups is 1. The van der Waals surface area contributed by atoms with Crippen LogP contribution in [0.25, 0.3) is 5.65 Å². The lowest BCUT2D eigenvalue weighted by molar-refractivity contribution is 0.0936. The number of pyridine rings is 1. The maximum Gasteiger partial charge on any atom is 0.274 e. The second kappa shape index (κ2) is 6.60. The molecule has 24 heavy (non-hydrogen) atoms. The van der Waals surface area contributed by atoms with E-state index >= 15 is 0 Å². The Morgan fingerprint density at radius 3 is 3.04 bits per heavy atom. The summed E-state index contributed by atoms with van der Waals surface area (Å²) >= 11 is 0. The molecule has 1 saturated heterocycles. The van der Waals surface area contributed by atoms with Crippen LogP contribution in [0.4, 0.5) is 0 Å². The Morgan fingerprint density at radius 2 is 2.29 bits per heavy atom. The van der Waals surface area contributed by atoms with E-state index in [1.807, 2.05) is 0 Å². The quantitative estimate of drug-likeness (QED) is 0.871. The minimum Gasteiger partial charge on any atom is -0.493 e. The number of nitrogens with one attached hydrogen (secondary N) is 1. The minimum absolute atomic E-state index is 0.277. The van der Waals surface area contributed by atoms with Crippen LogP contribution in [0.1, 0.15) is 35.7 Å². The first-order chi connectivity index (χ1) is 11.5. The van der Waals surface area contributed by atoms with Crippen molar-refractivity contribution in [3.05, 3.63) is 39.8 Å². The van der Waals surface area contributed by atoms with Gasteiger partial charge in [0.05, 0.1) is 0 Å². The van der Waals surface area contributed by atoms with Crippen molar-refractivity contribution in [2.45, 2.75) is 32.7 Å². The molecule has 2 aromatic rings. The van der Waals surface area contributed by atoms with Crippen LogP contribution < -0.4 is 10.9 Å². The molecule has 1 aliphatic heterocycles. The second-order valence-corrected chi connectivity index (χ2v) is 6.14. The standard InChI is InChI=1S/C17H22N4O3/c1-3-20-8-5-7-12(20)10-18-15(22)13-16(23)19-14-11(2)6-4-9-21(14)17(13)24/h4,6,9,12,23H,3,5,7-8,10H2,1-2H3,(H,18,22). The lowest BCUT2D eigenvalue weighted by Crippen LogP contribution is -2.41. The molecule has 0 saturated carbocycles. The number of nitrogens with zero attached hydrogens (tertiary/aromatic N) is 3. The van der Waals surface area contributed by atoms with Gasteiger partial charge in [0.1, 0.15) is 5.65 Å². The fourth-order valence-corrected chi connectivity index (χ4v) is 3.33. The van der Waals surface area contributed by atoms with Gasteiger partial charge in [0.15, 0.2) is 5.56 Å². The van der Waals surface area contributed by atoms with Gasteiger partial charge in [-0.15, -0.1) is 0 Å². The Bertz CT molecular complexity index is 830. The molecule has 0 aromatic carbocycles. The molecule has 1 unspecified atom stereocenters. The number of aromatic nitrogens is 2. The Labute approximate surface area is 139 Å². The third kappa shape index (κ3) is 2.87. The van der Waals surface area contributed by atoms with Crippen molar-refractivity contribution in [1.29, 1.82) is 0 Å². The van der Waals surface area contributed by atoms with Crippen LogP contribution in [0.15, 0.2) is 23.1 Å². The molecule has 2 aromatic heterocycles. The monoisotopic (exact) mass is 330 g/mol. The largest absolute Gasteiger partial charge is 0.493 e. The van der Waals surface area contributed by atoms with Crippen LogP contribution in [0.3, 0.4) is 0 Å². The summed E-state index contributed by atoms with van der Waals surface area (Å²) in [5.74, 6) is -1.10. The topological polar surface area (TPSA) is 86.9 Å². The first-order valence-corrected chi connectivity index (χ1v) is 8.26. The first-order valence-electron chi connectivity index (χ1n) is 8.26. The number of hydrogen-bond donors (Lipinski definition) is 2. The molecule has 2 N–H and O–H groups in total. The number of amides is 1. The maximum absolute atomic E-state index is 12.6. The summed E-state index contributed by atoms with van der Waals surface area (Å²) in [6.07, 6.45) is 3.68. The molecular weight excluding hydrogens is 308 g/mol. The summed E-state index contributed by atoms with van der Waals surface area (Å²) < 4.78 is 1.29. The van der Waals surface area contributed by atoms with Crippen LogP contribution in [-0.4, -0.2) is 51.0 Å². The van der Waals surface area contributed by atoms with Gasteiger partial charge in [-0.25, -0.2) is 0 Å². The normalized spacial score (nSPS) is 18.2. The van der Waals surface area contributed by atoms with E-state index < -0.39 is 17.3 Å². The molecule has 0 aliphatic carbocycles. The van der Waals surface area contributed by atoms with Crippen LogP contribution in [0.5, 0.6) is 5.88 Å². The van der Waals surface area contributed by atoms with E-state index in [1.54, 1.807) is 25.3 Å². The molecule has 3 rings (SSSR count). The summed E-state index contributed by atoms with van der Waals surface area (Å²) in [6, 6.07) is 3.78. The summed E-state index contributed by atoms with van der Waals surface area (Å²) in [6.45, 7) is 6.31. The molecule has 1 aliphatic rings. The molecule has 1 amide bonds. The maximum atomic E-state index is 12.6. The lowest BCUT2D eigenvalue weighted by atomic mass is 10.2. The van der Waals surface area contributed by atoms with Crippen LogP contribution in [0, 0.1) is 6.92 Å². The summed E-state index contributed by atoms with van der Waals surface area (Å²) in [7, 11) is 0. The molecule has 1 fully saturated rings. The second-order valence-electron chi connectivity index (χ2n) is 6.14. The fraction of sp³-hybridized carbons (Fsp3) is 0.471. The number of carbonyl (C=O) groups excluding carboxylic acids is 1. The molecule has 0 spiro atoms. The van der Waals surface area contributed by atoms with Gasteiger partial charge < -0.3 is 10.4 Å². The van der Waals surface area contributed by atoms with Gasteiger partial charge in [-0.3, -0.25) is 18.9 Å². The fourth-order valence-electron chi connectivity index (χ4n) is 3.33. The number of rotatable bonds is 4. The van der Waals surface area contributed by atoms with Crippen molar-refractivity contribution in [3.63, 3.8) is 0 Å². The number of fused-ring (bicyclic) bond motifs is 1.